The van der Waals surface area contributed by atoms with E-state index < -0.39 is 5.83 Å². The van der Waals surface area contributed by atoms with E-state index in [1.165, 1.54) is 13.2 Å². The first-order valence-electron chi connectivity index (χ1n) is 2.55. The van der Waals surface area contributed by atoms with Crippen molar-refractivity contribution in [2.45, 2.75) is 0 Å². The van der Waals surface area contributed by atoms with Crippen LogP contribution in [0.2, 0.25) is 0 Å². The van der Waals surface area contributed by atoms with Crippen LogP contribution in [0.3, 0.4) is 0 Å². The molecule has 1 aliphatic carbocycles. The lowest BCUT2D eigenvalue weighted by molar-refractivity contribution is 0.282. The second kappa shape index (κ2) is 2.42. The molecule has 0 saturated heterocycles. The smallest absolute Gasteiger partial charge is 0.328 e. The summed E-state index contributed by atoms with van der Waals surface area (Å²) in [6.45, 7) is 0. The number of methoxy groups -OCH3 is 1. The predicted octanol–water partition coefficient (Wildman–Crippen LogP) is 1.74. The van der Waals surface area contributed by atoms with Gasteiger partial charge in [0.05, 0.1) is 25.3 Å². The van der Waals surface area contributed by atoms with Crippen molar-refractivity contribution in [1.82, 2.24) is 0 Å². The van der Waals surface area contributed by atoms with Crippen LogP contribution in [-0.4, -0.2) is 7.11 Å². The third-order valence-electron chi connectivity index (χ3n) is 0.990. The van der Waals surface area contributed by atoms with Crippen molar-refractivity contribution in [3.63, 3.8) is 0 Å². The molecule has 1 aliphatic rings. The summed E-state index contributed by atoms with van der Waals surface area (Å²) in [4.78, 5) is 0. The van der Waals surface area contributed by atoms with Crippen molar-refractivity contribution in [3.8, 4) is 0 Å². The second-order valence-electron chi connectivity index (χ2n) is 1.55. The van der Waals surface area contributed by atoms with E-state index in [9.17, 15) is 4.39 Å². The molecule has 0 aromatic carbocycles. The van der Waals surface area contributed by atoms with Crippen LogP contribution in [0.25, 0.3) is 0 Å². The summed E-state index contributed by atoms with van der Waals surface area (Å²) in [5.41, 5.74) is 0. The van der Waals surface area contributed by atoms with E-state index in [-0.39, 0.29) is 5.76 Å². The van der Waals surface area contributed by atoms with Crippen LogP contribution in [0.1, 0.15) is 0 Å². The first-order chi connectivity index (χ1) is 4.34. The lowest BCUT2D eigenvalue weighted by Crippen LogP contribution is -1.88. The number of hydrogen-bond acceptors (Lipinski definition) is 1. The van der Waals surface area contributed by atoms with Gasteiger partial charge in [-0.3, -0.25) is 0 Å². The lowest BCUT2D eigenvalue weighted by Gasteiger charge is -1.92. The fourth-order valence-electron chi connectivity index (χ4n) is 0.559. The molecule has 2 heteroatoms. The molecule has 0 aliphatic heterocycles. The Balaban J connectivity index is 2.83. The van der Waals surface area contributed by atoms with Crippen LogP contribution in [0.15, 0.2) is 29.8 Å². The summed E-state index contributed by atoms with van der Waals surface area (Å²) in [5, 5.41) is 0. The molecule has 0 atom stereocenters. The van der Waals surface area contributed by atoms with E-state index in [0.29, 0.717) is 0 Å². The molecule has 0 N–H and O–H groups in total. The average Bonchev–Trinajstić information content (AvgIpc) is 1.89. The van der Waals surface area contributed by atoms with Crippen LogP contribution in [-0.2, 0) is 4.74 Å². The Morgan fingerprint density at radius 2 is 2.44 bits per heavy atom. The van der Waals surface area contributed by atoms with Gasteiger partial charge in [-0.1, -0.05) is 0 Å². The molecule has 9 heavy (non-hydrogen) atoms. The molecular weight excluding hydrogens is 119 g/mol. The standard InChI is InChI=1S/C7H6FO/c1-9-7-5-3-2-4-6(7)8/h2-3,5H,1H3/q+1. The maximum absolute atomic E-state index is 12.4. The van der Waals surface area contributed by atoms with Gasteiger partial charge in [-0.25, -0.2) is 0 Å². The highest BCUT2D eigenvalue weighted by molar-refractivity contribution is 5.29. The number of allylic oxidation sites excluding steroid dienone is 5. The molecule has 0 bridgehead atoms. The minimum atomic E-state index is -0.444. The Morgan fingerprint density at radius 3 is 2.89 bits per heavy atom. The average molecular weight is 125 g/mol. The topological polar surface area (TPSA) is 9.23 Å². The van der Waals surface area contributed by atoms with E-state index in [2.05, 4.69) is 10.8 Å². The Morgan fingerprint density at radius 1 is 1.67 bits per heavy atom. The van der Waals surface area contributed by atoms with E-state index in [0.717, 1.165) is 0 Å². The molecule has 0 saturated carbocycles. The van der Waals surface area contributed by atoms with Crippen LogP contribution in [0, 0.1) is 6.08 Å². The largest absolute Gasteiger partial charge is 0.434 e. The molecule has 1 nitrogen and oxygen atoms in total. The summed E-state index contributed by atoms with van der Waals surface area (Å²) >= 11 is 0. The van der Waals surface area contributed by atoms with Gasteiger partial charge in [0.2, 0.25) is 0 Å². The summed E-state index contributed by atoms with van der Waals surface area (Å²) in [7, 11) is 1.42. The van der Waals surface area contributed by atoms with Crippen molar-refractivity contribution >= 4 is 0 Å². The number of halogens is 1. The molecule has 0 aromatic heterocycles. The van der Waals surface area contributed by atoms with Gasteiger partial charge in [0, 0.05) is 0 Å². The van der Waals surface area contributed by atoms with Gasteiger partial charge >= 0.3 is 5.83 Å². The van der Waals surface area contributed by atoms with Crippen molar-refractivity contribution in [3.05, 3.63) is 35.9 Å². The van der Waals surface area contributed by atoms with E-state index in [1.54, 1.807) is 12.2 Å². The van der Waals surface area contributed by atoms with Gasteiger partial charge in [-0.2, -0.15) is 4.39 Å². The minimum absolute atomic E-state index is 0.234. The maximum atomic E-state index is 12.4. The van der Waals surface area contributed by atoms with Crippen LogP contribution in [0.5, 0.6) is 0 Å². The summed E-state index contributed by atoms with van der Waals surface area (Å²) in [5.74, 6) is -0.211. The molecule has 1 rings (SSSR count). The molecule has 0 amide bonds. The normalized spacial score (nSPS) is 15.8. The summed E-state index contributed by atoms with van der Waals surface area (Å²) in [6.07, 6.45) is 7.07. The fourth-order valence-corrected chi connectivity index (χ4v) is 0.559. The van der Waals surface area contributed by atoms with Gasteiger partial charge in [0.1, 0.15) is 6.08 Å². The minimum Gasteiger partial charge on any atom is -0.434 e. The molecule has 46 valence electrons. The van der Waals surface area contributed by atoms with Crippen molar-refractivity contribution in [2.24, 2.45) is 0 Å². The number of rotatable bonds is 1. The lowest BCUT2D eigenvalue weighted by atomic mass is 10.2. The van der Waals surface area contributed by atoms with Crippen molar-refractivity contribution in [1.29, 1.82) is 0 Å². The zero-order chi connectivity index (χ0) is 6.69. The van der Waals surface area contributed by atoms with E-state index in [1.807, 2.05) is 0 Å². The predicted molar refractivity (Wildman–Crippen MR) is 32.1 cm³/mol. The third-order valence-corrected chi connectivity index (χ3v) is 0.990. The first kappa shape index (κ1) is 5.99. The molecule has 0 spiro atoms. The van der Waals surface area contributed by atoms with Gasteiger partial charge in [-0.15, -0.1) is 0 Å². The van der Waals surface area contributed by atoms with Crippen LogP contribution < -0.4 is 0 Å². The zero-order valence-corrected chi connectivity index (χ0v) is 5.02. The molecule has 0 aromatic rings. The zero-order valence-electron chi connectivity index (χ0n) is 5.02. The second-order valence-corrected chi connectivity index (χ2v) is 1.55. The molecular formula is C7H6FO+. The van der Waals surface area contributed by atoms with E-state index >= 15 is 0 Å². The van der Waals surface area contributed by atoms with Crippen molar-refractivity contribution in [2.75, 3.05) is 7.11 Å². The number of ether oxygens (including phenoxy) is 1. The van der Waals surface area contributed by atoms with Gasteiger partial charge in [0.15, 0.2) is 0 Å². The third kappa shape index (κ3) is 1.15. The monoisotopic (exact) mass is 125 g/mol. The SMILES string of the molecule is COC1=CC=C[C+]=C1F. The van der Waals surface area contributed by atoms with Gasteiger partial charge < -0.3 is 4.74 Å². The number of hydrogen-bond donors (Lipinski definition) is 0. The molecule has 0 heterocycles. The Kier molecular flexibility index (Phi) is 1.61. The van der Waals surface area contributed by atoms with Crippen LogP contribution >= 0.6 is 0 Å². The van der Waals surface area contributed by atoms with Crippen LogP contribution in [0.4, 0.5) is 4.39 Å². The quantitative estimate of drug-likeness (QED) is 0.485. The summed E-state index contributed by atoms with van der Waals surface area (Å²) < 4.78 is 17.0. The molecule has 0 unspecified atom stereocenters. The highest BCUT2D eigenvalue weighted by Crippen LogP contribution is 2.14. The van der Waals surface area contributed by atoms with E-state index in [4.69, 9.17) is 0 Å². The Bertz CT molecular complexity index is 189. The first-order valence-corrected chi connectivity index (χ1v) is 2.55. The molecule has 0 fully saturated rings. The fraction of sp³-hybridized carbons (Fsp3) is 0.143. The van der Waals surface area contributed by atoms with Crippen molar-refractivity contribution < 1.29 is 9.13 Å². The highest BCUT2D eigenvalue weighted by atomic mass is 19.1. The maximum Gasteiger partial charge on any atom is 0.328 e. The Hall–Kier alpha value is -1.14. The Labute approximate surface area is 53.1 Å². The summed E-state index contributed by atoms with van der Waals surface area (Å²) in [6, 6.07) is 0. The highest BCUT2D eigenvalue weighted by Gasteiger charge is 2.14. The van der Waals surface area contributed by atoms with Gasteiger partial charge in [0.25, 0.3) is 5.76 Å². The molecule has 0 radical (unpaired) electrons. The van der Waals surface area contributed by atoms with Gasteiger partial charge in [-0.05, 0) is 0 Å².